The molecule has 1 unspecified atom stereocenters. The van der Waals surface area contributed by atoms with Crippen molar-refractivity contribution in [2.45, 2.75) is 16.7 Å². The fourth-order valence-electron chi connectivity index (χ4n) is 3.17. The van der Waals surface area contributed by atoms with E-state index in [1.807, 2.05) is 37.1 Å². The SMILES string of the molecule is CN(C)CCC1=C(S(=O)(=O)c2cncs2)N2N=NN=C3C2C1=CN3C. The molecule has 0 saturated heterocycles. The van der Waals surface area contributed by atoms with Gasteiger partial charge in [-0.3, -0.25) is 4.98 Å². The summed E-state index contributed by atoms with van der Waals surface area (Å²) in [5, 5.41) is 13.6. The smallest absolute Gasteiger partial charge is 0.234 e. The predicted molar refractivity (Wildman–Crippen MR) is 93.3 cm³/mol. The first-order valence-electron chi connectivity index (χ1n) is 7.65. The number of sulfone groups is 1. The van der Waals surface area contributed by atoms with Crippen LogP contribution in [0.25, 0.3) is 0 Å². The van der Waals surface area contributed by atoms with Crippen molar-refractivity contribution in [1.82, 2.24) is 19.8 Å². The van der Waals surface area contributed by atoms with Crippen molar-refractivity contribution < 1.29 is 8.42 Å². The summed E-state index contributed by atoms with van der Waals surface area (Å²) in [6.07, 6.45) is 3.89. The molecule has 0 aromatic carbocycles. The summed E-state index contributed by atoms with van der Waals surface area (Å²) in [7, 11) is 2.07. The van der Waals surface area contributed by atoms with Crippen LogP contribution in [0.15, 0.2) is 53.8 Å². The number of hydrogen-bond acceptors (Lipinski definition) is 10. The van der Waals surface area contributed by atoms with Gasteiger partial charge in [0.2, 0.25) is 9.84 Å². The second-order valence-electron chi connectivity index (χ2n) is 6.24. The van der Waals surface area contributed by atoms with E-state index in [0.717, 1.165) is 29.0 Å². The zero-order chi connectivity index (χ0) is 17.8. The number of amidine groups is 1. The van der Waals surface area contributed by atoms with Gasteiger partial charge in [0.15, 0.2) is 10.9 Å². The molecule has 0 saturated carbocycles. The van der Waals surface area contributed by atoms with Gasteiger partial charge < -0.3 is 9.80 Å². The van der Waals surface area contributed by atoms with Crippen molar-refractivity contribution in [1.29, 1.82) is 0 Å². The van der Waals surface area contributed by atoms with Gasteiger partial charge in [-0.05, 0) is 36.5 Å². The number of hydrogen-bond donors (Lipinski definition) is 0. The van der Waals surface area contributed by atoms with E-state index in [1.165, 1.54) is 16.7 Å². The molecule has 4 rings (SSSR count). The first kappa shape index (κ1) is 16.4. The van der Waals surface area contributed by atoms with E-state index in [2.05, 4.69) is 20.5 Å². The van der Waals surface area contributed by atoms with E-state index in [0.29, 0.717) is 12.3 Å². The second-order valence-corrected chi connectivity index (χ2v) is 9.22. The molecule has 0 aliphatic carbocycles. The Morgan fingerprint density at radius 2 is 2.16 bits per heavy atom. The third kappa shape index (κ3) is 2.41. The fourth-order valence-corrected chi connectivity index (χ4v) is 5.71. The van der Waals surface area contributed by atoms with Crippen LogP contribution >= 0.6 is 11.3 Å². The molecular weight excluding hydrogens is 362 g/mol. The lowest BCUT2D eigenvalue weighted by Crippen LogP contribution is -2.39. The molecule has 0 bridgehead atoms. The Hall–Kier alpha value is -2.11. The average Bonchev–Trinajstić information content (AvgIpc) is 3.26. The molecule has 25 heavy (non-hydrogen) atoms. The van der Waals surface area contributed by atoms with E-state index in [-0.39, 0.29) is 15.3 Å². The van der Waals surface area contributed by atoms with Crippen LogP contribution in [0.4, 0.5) is 0 Å². The molecule has 0 radical (unpaired) electrons. The fraction of sp³-hybridized carbons (Fsp3) is 0.429. The Labute approximate surface area is 149 Å². The molecule has 3 aliphatic rings. The molecule has 0 amide bonds. The number of aromatic nitrogens is 1. The van der Waals surface area contributed by atoms with Gasteiger partial charge in [0.25, 0.3) is 0 Å². The summed E-state index contributed by atoms with van der Waals surface area (Å²) in [5.74, 6) is 0.682. The minimum Gasteiger partial charge on any atom is -0.335 e. The summed E-state index contributed by atoms with van der Waals surface area (Å²) in [6.45, 7) is 0.724. The average molecular weight is 379 g/mol. The van der Waals surface area contributed by atoms with E-state index in [1.54, 1.807) is 0 Å². The first-order chi connectivity index (χ1) is 11.9. The van der Waals surface area contributed by atoms with Gasteiger partial charge in [-0.1, -0.05) is 0 Å². The molecule has 1 aromatic rings. The maximum absolute atomic E-state index is 13.2. The van der Waals surface area contributed by atoms with Crippen LogP contribution in [-0.2, 0) is 9.84 Å². The van der Waals surface area contributed by atoms with Crippen LogP contribution in [-0.4, -0.2) is 67.8 Å². The molecule has 4 heterocycles. The molecule has 132 valence electrons. The van der Waals surface area contributed by atoms with Crippen molar-refractivity contribution in [3.05, 3.63) is 34.1 Å². The summed E-state index contributed by atoms with van der Waals surface area (Å²) in [6, 6.07) is -0.322. The highest BCUT2D eigenvalue weighted by Crippen LogP contribution is 2.45. The lowest BCUT2D eigenvalue weighted by Gasteiger charge is -2.25. The van der Waals surface area contributed by atoms with Gasteiger partial charge in [-0.2, -0.15) is 0 Å². The quantitative estimate of drug-likeness (QED) is 0.765. The number of thiazole rings is 1. The largest absolute Gasteiger partial charge is 0.335 e. The van der Waals surface area contributed by atoms with E-state index in [4.69, 9.17) is 0 Å². The maximum atomic E-state index is 13.2. The Kier molecular flexibility index (Phi) is 3.74. The van der Waals surface area contributed by atoms with Crippen molar-refractivity contribution in [3.63, 3.8) is 0 Å². The highest BCUT2D eigenvalue weighted by molar-refractivity contribution is 7.97. The van der Waals surface area contributed by atoms with E-state index >= 15 is 0 Å². The van der Waals surface area contributed by atoms with Crippen LogP contribution in [0.1, 0.15) is 6.42 Å². The minimum atomic E-state index is -3.73. The van der Waals surface area contributed by atoms with Crippen LogP contribution in [0, 0.1) is 0 Å². The summed E-state index contributed by atoms with van der Waals surface area (Å²) in [4.78, 5) is 7.81. The summed E-state index contributed by atoms with van der Waals surface area (Å²) >= 11 is 1.10. The van der Waals surface area contributed by atoms with E-state index in [9.17, 15) is 8.42 Å². The van der Waals surface area contributed by atoms with Crippen molar-refractivity contribution >= 4 is 27.0 Å². The summed E-state index contributed by atoms with van der Waals surface area (Å²) < 4.78 is 26.7. The summed E-state index contributed by atoms with van der Waals surface area (Å²) in [5.41, 5.74) is 3.20. The molecule has 0 N–H and O–H groups in total. The van der Waals surface area contributed by atoms with Gasteiger partial charge >= 0.3 is 0 Å². The van der Waals surface area contributed by atoms with Crippen LogP contribution in [0.3, 0.4) is 0 Å². The van der Waals surface area contributed by atoms with Gasteiger partial charge in [0.1, 0.15) is 10.3 Å². The maximum Gasteiger partial charge on any atom is 0.234 e. The molecule has 1 atom stereocenters. The molecule has 9 nitrogen and oxygen atoms in total. The molecule has 1 aromatic heterocycles. The van der Waals surface area contributed by atoms with Crippen molar-refractivity contribution in [2.24, 2.45) is 15.5 Å². The lowest BCUT2D eigenvalue weighted by atomic mass is 10.0. The third-order valence-corrected chi connectivity index (χ3v) is 7.40. The third-order valence-electron chi connectivity index (χ3n) is 4.31. The Morgan fingerprint density at radius 1 is 1.36 bits per heavy atom. The number of nitrogens with zero attached hydrogens (tertiary/aromatic N) is 7. The molecule has 0 spiro atoms. The van der Waals surface area contributed by atoms with Crippen LogP contribution in [0.5, 0.6) is 0 Å². The number of rotatable bonds is 5. The molecular formula is C14H17N7O2S2. The second kappa shape index (κ2) is 5.71. The van der Waals surface area contributed by atoms with Gasteiger partial charge in [-0.15, -0.1) is 16.4 Å². The van der Waals surface area contributed by atoms with Gasteiger partial charge in [0.05, 0.1) is 11.7 Å². The lowest BCUT2D eigenvalue weighted by molar-refractivity contribution is 0.342. The standard InChI is InChI=1S/C14H17N7O2S2/c1-19(2)5-4-9-10-7-20(3)13-12(10)21(18-17-16-13)14(9)25(22,23)11-6-15-8-24-11/h6-8,12H,4-5H2,1-3H3. The van der Waals surface area contributed by atoms with Crippen LogP contribution in [0.2, 0.25) is 0 Å². The van der Waals surface area contributed by atoms with Gasteiger partial charge in [0, 0.05) is 25.4 Å². The predicted octanol–water partition coefficient (Wildman–Crippen LogP) is 1.29. The molecule has 3 aliphatic heterocycles. The molecule has 11 heteroatoms. The van der Waals surface area contributed by atoms with Crippen molar-refractivity contribution in [2.75, 3.05) is 27.7 Å². The minimum absolute atomic E-state index is 0.194. The normalized spacial score (nSPS) is 22.0. The molecule has 0 fully saturated rings. The first-order valence-corrected chi connectivity index (χ1v) is 10.0. The number of likely N-dealkylation sites (N-methyl/N-ethyl adjacent to an activating group) is 1. The topological polar surface area (TPSA) is 93.8 Å². The Morgan fingerprint density at radius 3 is 2.84 bits per heavy atom. The van der Waals surface area contributed by atoms with Crippen molar-refractivity contribution in [3.8, 4) is 0 Å². The van der Waals surface area contributed by atoms with Gasteiger partial charge in [-0.25, -0.2) is 13.4 Å². The monoisotopic (exact) mass is 379 g/mol. The zero-order valence-electron chi connectivity index (χ0n) is 14.0. The Balaban J connectivity index is 1.89. The highest BCUT2D eigenvalue weighted by atomic mass is 32.2. The highest BCUT2D eigenvalue weighted by Gasteiger charge is 2.50. The Bertz CT molecular complexity index is 928. The van der Waals surface area contributed by atoms with E-state index < -0.39 is 9.84 Å². The zero-order valence-corrected chi connectivity index (χ0v) is 15.6. The van der Waals surface area contributed by atoms with Crippen LogP contribution < -0.4 is 0 Å².